The Morgan fingerprint density at radius 3 is 2.60 bits per heavy atom. The summed E-state index contributed by atoms with van der Waals surface area (Å²) in [4.78, 5) is 13.0. The summed E-state index contributed by atoms with van der Waals surface area (Å²) in [7, 11) is 0. The van der Waals surface area contributed by atoms with Gasteiger partial charge in [0.05, 0.1) is 11.1 Å². The molecule has 0 aromatic heterocycles. The topological polar surface area (TPSA) is 32.7 Å². The average molecular weight is 370 g/mol. The molecular weight excluding hydrogens is 355 g/mol. The van der Waals surface area contributed by atoms with E-state index in [0.717, 1.165) is 17.0 Å². The highest BCUT2D eigenvalue weighted by molar-refractivity contribution is 8.26. The van der Waals surface area contributed by atoms with E-state index in [1.807, 2.05) is 24.3 Å². The van der Waals surface area contributed by atoms with Crippen LogP contribution in [-0.2, 0) is 11.2 Å². The minimum absolute atomic E-state index is 0.302. The van der Waals surface area contributed by atoms with Gasteiger partial charge in [-0.25, -0.2) is 4.39 Å². The van der Waals surface area contributed by atoms with E-state index in [-0.39, 0.29) is 5.91 Å². The number of amides is 1. The van der Waals surface area contributed by atoms with E-state index < -0.39 is 5.82 Å². The molecule has 0 spiro atoms. The van der Waals surface area contributed by atoms with E-state index in [0.29, 0.717) is 14.8 Å². The van der Waals surface area contributed by atoms with Crippen LogP contribution in [0, 0.1) is 5.82 Å². The number of hydrogen-bond donors (Lipinski definition) is 0. The van der Waals surface area contributed by atoms with Gasteiger partial charge in [0.25, 0.3) is 5.91 Å². The van der Waals surface area contributed by atoms with Gasteiger partial charge in [0.1, 0.15) is 5.82 Å². The lowest BCUT2D eigenvalue weighted by Gasteiger charge is -2.06. The number of hydrazone groups is 1. The van der Waals surface area contributed by atoms with Crippen molar-refractivity contribution >= 4 is 46.5 Å². The second kappa shape index (κ2) is 7.72. The number of hydrogen-bond acceptors (Lipinski definition) is 4. The van der Waals surface area contributed by atoms with Crippen molar-refractivity contribution in [3.8, 4) is 0 Å². The van der Waals surface area contributed by atoms with E-state index >= 15 is 0 Å². The number of rotatable bonds is 4. The highest BCUT2D eigenvalue weighted by Gasteiger charge is 2.32. The van der Waals surface area contributed by atoms with Gasteiger partial charge in [-0.05, 0) is 41.9 Å². The first-order chi connectivity index (χ1) is 12.1. The number of halogens is 1. The molecule has 1 heterocycles. The zero-order valence-electron chi connectivity index (χ0n) is 13.5. The van der Waals surface area contributed by atoms with Crippen molar-refractivity contribution in [2.24, 2.45) is 5.10 Å². The summed E-state index contributed by atoms with van der Waals surface area (Å²) in [5.41, 5.74) is 2.46. The van der Waals surface area contributed by atoms with Crippen LogP contribution in [0.1, 0.15) is 23.6 Å². The average Bonchev–Trinajstić information content (AvgIpc) is 2.88. The van der Waals surface area contributed by atoms with E-state index in [1.165, 1.54) is 29.6 Å². The summed E-state index contributed by atoms with van der Waals surface area (Å²) in [5.74, 6) is -0.703. The Bertz CT molecular complexity index is 875. The monoisotopic (exact) mass is 370 g/mol. The van der Waals surface area contributed by atoms with E-state index in [4.69, 9.17) is 12.2 Å². The number of thiocarbonyl (C=S) groups is 1. The van der Waals surface area contributed by atoms with Gasteiger partial charge in [0.15, 0.2) is 4.32 Å². The van der Waals surface area contributed by atoms with Gasteiger partial charge in [0.2, 0.25) is 0 Å². The molecule has 0 N–H and O–H groups in total. The SMILES string of the molecule is CCc1ccc(/C=C2/SC(=S)N(/N=C/c3ccccc3F)C2=O)cc1. The smallest absolute Gasteiger partial charge is 0.266 e. The molecule has 0 aliphatic carbocycles. The molecule has 0 bridgehead atoms. The van der Waals surface area contributed by atoms with Gasteiger partial charge >= 0.3 is 0 Å². The van der Waals surface area contributed by atoms with E-state index in [1.54, 1.807) is 24.3 Å². The highest BCUT2D eigenvalue weighted by atomic mass is 32.2. The van der Waals surface area contributed by atoms with Gasteiger partial charge < -0.3 is 0 Å². The molecule has 1 saturated heterocycles. The Labute approximate surface area is 155 Å². The van der Waals surface area contributed by atoms with Crippen LogP contribution in [0.5, 0.6) is 0 Å². The molecule has 0 radical (unpaired) electrons. The number of aryl methyl sites for hydroxylation is 1. The fraction of sp³-hybridized carbons (Fsp3) is 0.105. The number of thioether (sulfide) groups is 1. The van der Waals surface area contributed by atoms with E-state index in [2.05, 4.69) is 12.0 Å². The number of nitrogens with zero attached hydrogens (tertiary/aromatic N) is 2. The molecule has 6 heteroatoms. The zero-order valence-corrected chi connectivity index (χ0v) is 15.1. The van der Waals surface area contributed by atoms with Crippen LogP contribution in [-0.4, -0.2) is 21.5 Å². The van der Waals surface area contributed by atoms with Crippen LogP contribution in [0.4, 0.5) is 4.39 Å². The van der Waals surface area contributed by atoms with Crippen molar-refractivity contribution in [3.05, 3.63) is 75.9 Å². The maximum atomic E-state index is 13.6. The molecule has 3 rings (SSSR count). The van der Waals surface area contributed by atoms with Gasteiger partial charge in [-0.2, -0.15) is 10.1 Å². The Kier molecular flexibility index (Phi) is 5.40. The largest absolute Gasteiger partial charge is 0.286 e. The van der Waals surface area contributed by atoms with Crippen LogP contribution < -0.4 is 0 Å². The molecule has 1 fully saturated rings. The van der Waals surface area contributed by atoms with Crippen molar-refractivity contribution in [1.29, 1.82) is 0 Å². The van der Waals surface area contributed by atoms with Crippen LogP contribution in [0.3, 0.4) is 0 Å². The zero-order chi connectivity index (χ0) is 17.8. The van der Waals surface area contributed by atoms with Crippen LogP contribution in [0.25, 0.3) is 6.08 Å². The summed E-state index contributed by atoms with van der Waals surface area (Å²) in [6.07, 6.45) is 4.06. The highest BCUT2D eigenvalue weighted by Crippen LogP contribution is 2.32. The molecule has 126 valence electrons. The number of carbonyl (C=O) groups is 1. The van der Waals surface area contributed by atoms with Crippen molar-refractivity contribution in [1.82, 2.24) is 5.01 Å². The van der Waals surface area contributed by atoms with Crippen LogP contribution >= 0.6 is 24.0 Å². The van der Waals surface area contributed by atoms with Crippen molar-refractivity contribution in [2.75, 3.05) is 0 Å². The molecule has 1 aliphatic heterocycles. The summed E-state index contributed by atoms with van der Waals surface area (Å²) < 4.78 is 14.0. The van der Waals surface area contributed by atoms with Crippen molar-refractivity contribution < 1.29 is 9.18 Å². The normalized spacial score (nSPS) is 16.4. The summed E-state index contributed by atoms with van der Waals surface area (Å²) >= 11 is 6.41. The van der Waals surface area contributed by atoms with Gasteiger partial charge in [-0.3, -0.25) is 4.79 Å². The van der Waals surface area contributed by atoms with Gasteiger partial charge in [-0.1, -0.05) is 61.2 Å². The summed E-state index contributed by atoms with van der Waals surface area (Å²) in [5, 5.41) is 5.18. The Balaban J connectivity index is 1.80. The van der Waals surface area contributed by atoms with Crippen LogP contribution in [0.2, 0.25) is 0 Å². The van der Waals surface area contributed by atoms with Gasteiger partial charge in [0, 0.05) is 5.56 Å². The maximum Gasteiger partial charge on any atom is 0.286 e. The molecule has 25 heavy (non-hydrogen) atoms. The minimum Gasteiger partial charge on any atom is -0.266 e. The molecule has 1 aliphatic rings. The summed E-state index contributed by atoms with van der Waals surface area (Å²) in [6.45, 7) is 2.09. The predicted octanol–water partition coefficient (Wildman–Crippen LogP) is 4.62. The lowest BCUT2D eigenvalue weighted by Crippen LogP contribution is -2.22. The third-order valence-electron chi connectivity index (χ3n) is 3.68. The molecule has 0 saturated carbocycles. The van der Waals surface area contributed by atoms with Crippen molar-refractivity contribution in [3.63, 3.8) is 0 Å². The van der Waals surface area contributed by atoms with Crippen molar-refractivity contribution in [2.45, 2.75) is 13.3 Å². The summed E-state index contributed by atoms with van der Waals surface area (Å²) in [6, 6.07) is 14.2. The molecular formula is C19H15FN2OS2. The molecule has 1 amide bonds. The predicted molar refractivity (Wildman–Crippen MR) is 105 cm³/mol. The van der Waals surface area contributed by atoms with E-state index in [9.17, 15) is 9.18 Å². The Hall–Kier alpha value is -2.31. The molecule has 3 nitrogen and oxygen atoms in total. The number of carbonyl (C=O) groups excluding carboxylic acids is 1. The quantitative estimate of drug-likeness (QED) is 0.447. The second-order valence-corrected chi connectivity index (χ2v) is 7.03. The Morgan fingerprint density at radius 1 is 1.20 bits per heavy atom. The molecule has 0 unspecified atom stereocenters. The Morgan fingerprint density at radius 2 is 1.92 bits per heavy atom. The minimum atomic E-state index is -0.400. The first-order valence-electron chi connectivity index (χ1n) is 7.74. The second-order valence-electron chi connectivity index (χ2n) is 5.35. The standard InChI is InChI=1S/C19H15FN2OS2/c1-2-13-7-9-14(10-8-13)11-17-18(23)22(19(24)25-17)21-12-15-5-3-4-6-16(15)20/h3-12H,2H2,1H3/b17-11+,21-12+. The third-order valence-corrected chi connectivity index (χ3v) is 4.96. The first-order valence-corrected chi connectivity index (χ1v) is 8.96. The number of benzene rings is 2. The molecule has 2 aromatic carbocycles. The lowest BCUT2D eigenvalue weighted by atomic mass is 10.1. The fourth-order valence-corrected chi connectivity index (χ4v) is 3.43. The third kappa shape index (κ3) is 4.03. The fourth-order valence-electron chi connectivity index (χ4n) is 2.26. The van der Waals surface area contributed by atoms with Crippen LogP contribution in [0.15, 0.2) is 58.5 Å². The molecule has 2 aromatic rings. The molecule has 0 atom stereocenters. The van der Waals surface area contributed by atoms with Gasteiger partial charge in [-0.15, -0.1) is 0 Å². The first kappa shape index (κ1) is 17.5. The maximum absolute atomic E-state index is 13.6. The lowest BCUT2D eigenvalue weighted by molar-refractivity contribution is -0.122.